The van der Waals surface area contributed by atoms with Crippen LogP contribution in [0, 0.1) is 0 Å². The van der Waals surface area contributed by atoms with Gasteiger partial charge in [0.2, 0.25) is 0 Å². The number of rotatable bonds is 6. The van der Waals surface area contributed by atoms with Crippen molar-refractivity contribution in [3.63, 3.8) is 0 Å². The number of benzene rings is 1. The minimum atomic E-state index is 0.0263. The molecule has 1 heterocycles. The van der Waals surface area contributed by atoms with Gasteiger partial charge >= 0.3 is 6.03 Å². The van der Waals surface area contributed by atoms with E-state index in [4.69, 9.17) is 0 Å². The minimum Gasteiger partial charge on any atom is -0.322 e. The van der Waals surface area contributed by atoms with E-state index in [2.05, 4.69) is 41.3 Å². The Kier molecular flexibility index (Phi) is 6.03. The average molecular weight is 349 g/mol. The zero-order valence-electron chi connectivity index (χ0n) is 14.7. The lowest BCUT2D eigenvalue weighted by Gasteiger charge is -2.34. The Morgan fingerprint density at radius 1 is 1.17 bits per heavy atom. The highest BCUT2D eigenvalue weighted by Crippen LogP contribution is 2.27. The Hall–Kier alpha value is -1.24. The first-order valence-corrected chi connectivity index (χ1v) is 9.78. The van der Waals surface area contributed by atoms with E-state index in [0.717, 1.165) is 50.2 Å². The molecule has 0 radical (unpaired) electrons. The topological polar surface area (TPSA) is 38.8 Å². The zero-order chi connectivity index (χ0) is 16.9. The molecule has 1 aromatic rings. The Labute approximate surface area is 149 Å². The summed E-state index contributed by atoms with van der Waals surface area (Å²) in [6.45, 7) is 4.76. The van der Waals surface area contributed by atoms with Gasteiger partial charge in [-0.05, 0) is 51.2 Å². The van der Waals surface area contributed by atoms with Gasteiger partial charge in [-0.1, -0.05) is 0 Å². The van der Waals surface area contributed by atoms with E-state index in [9.17, 15) is 4.79 Å². The number of piperazine rings is 1. The zero-order valence-corrected chi connectivity index (χ0v) is 15.5. The summed E-state index contributed by atoms with van der Waals surface area (Å²) in [6.07, 6.45) is 2.68. The molecule has 2 fully saturated rings. The SMILES string of the molecule is CN(C)CCSc1ccc(NC(=O)N2CCN(C3CC3)CC2)cc1. The summed E-state index contributed by atoms with van der Waals surface area (Å²) in [5.74, 6) is 1.07. The largest absolute Gasteiger partial charge is 0.322 e. The number of anilines is 1. The summed E-state index contributed by atoms with van der Waals surface area (Å²) in [7, 11) is 4.17. The van der Waals surface area contributed by atoms with Gasteiger partial charge in [-0.2, -0.15) is 0 Å². The molecule has 3 rings (SSSR count). The molecule has 0 bridgehead atoms. The maximum Gasteiger partial charge on any atom is 0.321 e. The molecular weight excluding hydrogens is 320 g/mol. The number of nitrogens with zero attached hydrogens (tertiary/aromatic N) is 3. The van der Waals surface area contributed by atoms with Gasteiger partial charge in [-0.25, -0.2) is 4.79 Å². The number of urea groups is 1. The lowest BCUT2D eigenvalue weighted by atomic mass is 10.3. The van der Waals surface area contributed by atoms with Crippen molar-refractivity contribution in [1.29, 1.82) is 0 Å². The van der Waals surface area contributed by atoms with Crippen molar-refractivity contribution in [2.45, 2.75) is 23.8 Å². The number of nitrogens with one attached hydrogen (secondary N) is 1. The molecule has 1 aliphatic carbocycles. The quantitative estimate of drug-likeness (QED) is 0.802. The van der Waals surface area contributed by atoms with Gasteiger partial charge in [0.1, 0.15) is 0 Å². The first-order valence-electron chi connectivity index (χ1n) is 8.79. The molecule has 1 N–H and O–H groups in total. The molecule has 1 aromatic carbocycles. The fourth-order valence-corrected chi connectivity index (χ4v) is 3.93. The van der Waals surface area contributed by atoms with Crippen LogP contribution < -0.4 is 5.32 Å². The lowest BCUT2D eigenvalue weighted by molar-refractivity contribution is 0.142. The number of thioether (sulfide) groups is 1. The van der Waals surface area contributed by atoms with E-state index in [1.54, 1.807) is 0 Å². The molecule has 0 unspecified atom stereocenters. The smallest absolute Gasteiger partial charge is 0.321 e. The van der Waals surface area contributed by atoms with Crippen LogP contribution in [0.4, 0.5) is 10.5 Å². The van der Waals surface area contributed by atoms with Gasteiger partial charge in [0.05, 0.1) is 0 Å². The van der Waals surface area contributed by atoms with Crippen molar-refractivity contribution < 1.29 is 4.79 Å². The first kappa shape index (κ1) is 17.6. The first-order chi connectivity index (χ1) is 11.6. The summed E-state index contributed by atoms with van der Waals surface area (Å²) >= 11 is 1.84. The molecule has 24 heavy (non-hydrogen) atoms. The fourth-order valence-electron chi connectivity index (χ4n) is 2.91. The van der Waals surface area contributed by atoms with Crippen LogP contribution >= 0.6 is 11.8 Å². The van der Waals surface area contributed by atoms with Crippen molar-refractivity contribution in [3.05, 3.63) is 24.3 Å². The normalized spacial score (nSPS) is 18.9. The van der Waals surface area contributed by atoms with Crippen LogP contribution in [0.25, 0.3) is 0 Å². The van der Waals surface area contributed by atoms with Crippen LogP contribution in [0.3, 0.4) is 0 Å². The molecule has 5 nitrogen and oxygen atoms in total. The van der Waals surface area contributed by atoms with Crippen LogP contribution in [0.15, 0.2) is 29.2 Å². The van der Waals surface area contributed by atoms with Crippen molar-refractivity contribution in [2.75, 3.05) is 57.9 Å². The van der Waals surface area contributed by atoms with Crippen LogP contribution in [0.2, 0.25) is 0 Å². The average Bonchev–Trinajstić information content (AvgIpc) is 3.41. The number of hydrogen-bond acceptors (Lipinski definition) is 4. The second-order valence-corrected chi connectivity index (χ2v) is 8.03. The summed E-state index contributed by atoms with van der Waals surface area (Å²) in [5.41, 5.74) is 0.876. The van der Waals surface area contributed by atoms with Crippen molar-refractivity contribution in [1.82, 2.24) is 14.7 Å². The maximum atomic E-state index is 12.4. The fraction of sp³-hybridized carbons (Fsp3) is 0.611. The van der Waals surface area contributed by atoms with Crippen LogP contribution in [0.1, 0.15) is 12.8 Å². The molecule has 0 aromatic heterocycles. The number of hydrogen-bond donors (Lipinski definition) is 1. The standard InChI is InChI=1S/C18H28N4OS/c1-20(2)13-14-24-17-7-3-15(4-8-17)19-18(23)22-11-9-21(10-12-22)16-5-6-16/h3-4,7-8,16H,5-6,9-14H2,1-2H3,(H,19,23). The number of amides is 2. The summed E-state index contributed by atoms with van der Waals surface area (Å²) in [5, 5.41) is 3.02. The monoisotopic (exact) mass is 348 g/mol. The molecule has 1 saturated carbocycles. The molecule has 1 saturated heterocycles. The molecule has 0 atom stereocenters. The Balaban J connectivity index is 1.42. The van der Waals surface area contributed by atoms with E-state index in [1.165, 1.54) is 17.7 Å². The van der Waals surface area contributed by atoms with Crippen LogP contribution in [0.5, 0.6) is 0 Å². The van der Waals surface area contributed by atoms with Gasteiger partial charge in [0, 0.05) is 55.1 Å². The van der Waals surface area contributed by atoms with Gasteiger partial charge < -0.3 is 15.1 Å². The second kappa shape index (κ2) is 8.23. The van der Waals surface area contributed by atoms with Crippen LogP contribution in [-0.4, -0.2) is 79.3 Å². The van der Waals surface area contributed by atoms with Crippen molar-refractivity contribution in [3.8, 4) is 0 Å². The van der Waals surface area contributed by atoms with Gasteiger partial charge in [0.15, 0.2) is 0 Å². The van der Waals surface area contributed by atoms with E-state index in [-0.39, 0.29) is 6.03 Å². The predicted octanol–water partition coefficient (Wildman–Crippen LogP) is 2.65. The third kappa shape index (κ3) is 5.13. The molecule has 1 aliphatic heterocycles. The Morgan fingerprint density at radius 3 is 2.42 bits per heavy atom. The highest BCUT2D eigenvalue weighted by molar-refractivity contribution is 7.99. The predicted molar refractivity (Wildman–Crippen MR) is 101 cm³/mol. The minimum absolute atomic E-state index is 0.0263. The number of carbonyl (C=O) groups excluding carboxylic acids is 1. The van der Waals surface area contributed by atoms with E-state index in [1.807, 2.05) is 28.8 Å². The number of carbonyl (C=O) groups is 1. The molecule has 132 valence electrons. The van der Waals surface area contributed by atoms with Gasteiger partial charge in [-0.3, -0.25) is 4.90 Å². The highest BCUT2D eigenvalue weighted by atomic mass is 32.2. The van der Waals surface area contributed by atoms with Gasteiger partial charge in [-0.15, -0.1) is 11.8 Å². The molecular formula is C18H28N4OS. The van der Waals surface area contributed by atoms with E-state index >= 15 is 0 Å². The summed E-state index contributed by atoms with van der Waals surface area (Å²) in [4.78, 5) is 20.3. The van der Waals surface area contributed by atoms with Crippen LogP contribution in [-0.2, 0) is 0 Å². The third-order valence-corrected chi connectivity index (χ3v) is 5.57. The van der Waals surface area contributed by atoms with Crippen molar-refractivity contribution >= 4 is 23.5 Å². The molecule has 2 aliphatic rings. The molecule has 2 amide bonds. The Bertz CT molecular complexity index is 536. The lowest BCUT2D eigenvalue weighted by Crippen LogP contribution is -2.50. The summed E-state index contributed by atoms with van der Waals surface area (Å²) in [6, 6.07) is 8.99. The second-order valence-electron chi connectivity index (χ2n) is 6.86. The van der Waals surface area contributed by atoms with Gasteiger partial charge in [0.25, 0.3) is 0 Å². The Morgan fingerprint density at radius 2 is 1.83 bits per heavy atom. The molecule has 6 heteroatoms. The van der Waals surface area contributed by atoms with Crippen molar-refractivity contribution in [2.24, 2.45) is 0 Å². The third-order valence-electron chi connectivity index (χ3n) is 4.58. The van der Waals surface area contributed by atoms with E-state index < -0.39 is 0 Å². The highest BCUT2D eigenvalue weighted by Gasteiger charge is 2.32. The van der Waals surface area contributed by atoms with E-state index in [0.29, 0.717) is 0 Å². The maximum absolute atomic E-state index is 12.4. The molecule has 0 spiro atoms. The summed E-state index contributed by atoms with van der Waals surface area (Å²) < 4.78 is 0.